The fraction of sp³-hybridized carbons (Fsp3) is 0.800. The molecule has 0 aliphatic rings. The van der Waals surface area contributed by atoms with Crippen LogP contribution in [0.15, 0.2) is 0 Å². The lowest BCUT2D eigenvalue weighted by Crippen LogP contribution is -2.41. The number of hydrogen-bond donors (Lipinski definition) is 3. The van der Waals surface area contributed by atoms with Gasteiger partial charge in [-0.3, -0.25) is 10.1 Å². The molecule has 0 spiro atoms. The van der Waals surface area contributed by atoms with Crippen molar-refractivity contribution in [1.29, 1.82) is 0 Å². The van der Waals surface area contributed by atoms with E-state index in [0.29, 0.717) is 19.1 Å². The molecule has 0 rings (SSSR count). The van der Waals surface area contributed by atoms with E-state index in [0.717, 1.165) is 13.0 Å². The monoisotopic (exact) mass is 231 g/mol. The van der Waals surface area contributed by atoms with Crippen LogP contribution in [0, 0.1) is 5.92 Å². The first-order chi connectivity index (χ1) is 7.52. The summed E-state index contributed by atoms with van der Waals surface area (Å²) in [6.45, 7) is 6.19. The van der Waals surface area contributed by atoms with E-state index < -0.39 is 11.9 Å². The molecule has 3 amide bonds. The van der Waals surface area contributed by atoms with Gasteiger partial charge >= 0.3 is 6.03 Å². The zero-order valence-corrected chi connectivity index (χ0v) is 9.91. The molecule has 94 valence electrons. The Balaban J connectivity index is 3.21. The molecule has 0 aromatic rings. The van der Waals surface area contributed by atoms with Crippen molar-refractivity contribution in [2.45, 2.75) is 20.3 Å². The van der Waals surface area contributed by atoms with Crippen LogP contribution in [-0.4, -0.2) is 38.2 Å². The fourth-order valence-corrected chi connectivity index (χ4v) is 0.949. The summed E-state index contributed by atoms with van der Waals surface area (Å²) < 4.78 is 5.32. The molecule has 0 aliphatic carbocycles. The molecule has 0 atom stereocenters. The van der Waals surface area contributed by atoms with Crippen molar-refractivity contribution in [3.63, 3.8) is 0 Å². The molecular weight excluding hydrogens is 210 g/mol. The van der Waals surface area contributed by atoms with Crippen LogP contribution >= 0.6 is 0 Å². The lowest BCUT2D eigenvalue weighted by Gasteiger charge is -2.07. The van der Waals surface area contributed by atoms with Gasteiger partial charge in [-0.05, 0) is 12.3 Å². The summed E-state index contributed by atoms with van der Waals surface area (Å²) in [6.07, 6.45) is 1.03. The Morgan fingerprint density at radius 3 is 2.56 bits per heavy atom. The molecule has 6 heteroatoms. The Morgan fingerprint density at radius 1 is 1.31 bits per heavy atom. The highest BCUT2D eigenvalue weighted by atomic mass is 16.5. The molecule has 0 aliphatic heterocycles. The number of urea groups is 1. The third kappa shape index (κ3) is 10.9. The van der Waals surface area contributed by atoms with E-state index in [1.54, 1.807) is 0 Å². The van der Waals surface area contributed by atoms with E-state index in [2.05, 4.69) is 19.2 Å². The van der Waals surface area contributed by atoms with E-state index in [4.69, 9.17) is 10.5 Å². The van der Waals surface area contributed by atoms with Crippen molar-refractivity contribution in [3.8, 4) is 0 Å². The van der Waals surface area contributed by atoms with Crippen LogP contribution in [0.5, 0.6) is 0 Å². The lowest BCUT2D eigenvalue weighted by molar-refractivity contribution is -0.119. The van der Waals surface area contributed by atoms with Gasteiger partial charge < -0.3 is 15.8 Å². The van der Waals surface area contributed by atoms with Crippen LogP contribution in [0.2, 0.25) is 0 Å². The van der Waals surface area contributed by atoms with Crippen LogP contribution in [0.4, 0.5) is 4.79 Å². The van der Waals surface area contributed by atoms with Gasteiger partial charge in [0.25, 0.3) is 0 Å². The van der Waals surface area contributed by atoms with Crippen molar-refractivity contribution in [1.82, 2.24) is 10.6 Å². The minimum Gasteiger partial charge on any atom is -0.380 e. The predicted molar refractivity (Wildman–Crippen MR) is 60.9 cm³/mol. The van der Waals surface area contributed by atoms with Crippen LogP contribution in [0.25, 0.3) is 0 Å². The Labute approximate surface area is 95.9 Å². The minimum absolute atomic E-state index is 0.0660. The second kappa shape index (κ2) is 9.11. The van der Waals surface area contributed by atoms with Crippen LogP contribution in [0.3, 0.4) is 0 Å². The highest BCUT2D eigenvalue weighted by molar-refractivity contribution is 5.94. The number of carbonyl (C=O) groups is 2. The molecule has 16 heavy (non-hydrogen) atoms. The van der Waals surface area contributed by atoms with Crippen molar-refractivity contribution in [3.05, 3.63) is 0 Å². The molecule has 0 saturated heterocycles. The standard InChI is InChI=1S/C10H21N3O3/c1-8(2)3-5-16-6-4-12-7-9(14)13-10(11)15/h8,12H,3-7H2,1-2H3,(H3,11,13,14,15). The number of imide groups is 1. The summed E-state index contributed by atoms with van der Waals surface area (Å²) in [7, 11) is 0. The van der Waals surface area contributed by atoms with Gasteiger partial charge in [-0.2, -0.15) is 0 Å². The Kier molecular flexibility index (Phi) is 8.46. The van der Waals surface area contributed by atoms with Gasteiger partial charge in [0.2, 0.25) is 5.91 Å². The molecular formula is C10H21N3O3. The third-order valence-electron chi connectivity index (χ3n) is 1.81. The zero-order chi connectivity index (χ0) is 12.4. The first-order valence-corrected chi connectivity index (χ1v) is 5.40. The normalized spacial score (nSPS) is 10.4. The Hall–Kier alpha value is -1.14. The van der Waals surface area contributed by atoms with Crippen molar-refractivity contribution < 1.29 is 14.3 Å². The van der Waals surface area contributed by atoms with Crippen LogP contribution in [0.1, 0.15) is 20.3 Å². The Morgan fingerprint density at radius 2 is 2.00 bits per heavy atom. The van der Waals surface area contributed by atoms with Crippen molar-refractivity contribution >= 4 is 11.9 Å². The van der Waals surface area contributed by atoms with Crippen molar-refractivity contribution in [2.24, 2.45) is 11.7 Å². The summed E-state index contributed by atoms with van der Waals surface area (Å²) in [5.41, 5.74) is 4.77. The van der Waals surface area contributed by atoms with Gasteiger partial charge in [-0.1, -0.05) is 13.8 Å². The van der Waals surface area contributed by atoms with Gasteiger partial charge in [0.1, 0.15) is 0 Å². The minimum atomic E-state index is -0.833. The Bertz CT molecular complexity index is 219. The molecule has 6 nitrogen and oxygen atoms in total. The van der Waals surface area contributed by atoms with Gasteiger partial charge in [0, 0.05) is 13.2 Å². The van der Waals surface area contributed by atoms with E-state index in [-0.39, 0.29) is 6.54 Å². The number of nitrogens with one attached hydrogen (secondary N) is 2. The molecule has 0 heterocycles. The predicted octanol–water partition coefficient (Wildman–Crippen LogP) is -0.166. The van der Waals surface area contributed by atoms with E-state index in [1.165, 1.54) is 0 Å². The number of ether oxygens (including phenoxy) is 1. The average molecular weight is 231 g/mol. The quantitative estimate of drug-likeness (QED) is 0.506. The summed E-state index contributed by atoms with van der Waals surface area (Å²) in [5, 5.41) is 4.79. The average Bonchev–Trinajstić information content (AvgIpc) is 2.14. The largest absolute Gasteiger partial charge is 0.380 e. The topological polar surface area (TPSA) is 93.4 Å². The van der Waals surface area contributed by atoms with E-state index in [1.807, 2.05) is 5.32 Å². The molecule has 0 aromatic heterocycles. The maximum absolute atomic E-state index is 10.9. The number of carbonyl (C=O) groups excluding carboxylic acids is 2. The van der Waals surface area contributed by atoms with Gasteiger partial charge in [0.05, 0.1) is 13.2 Å². The number of amides is 3. The zero-order valence-electron chi connectivity index (χ0n) is 9.91. The summed E-state index contributed by atoms with van der Waals surface area (Å²) in [6, 6.07) is -0.833. The first kappa shape index (κ1) is 14.9. The number of rotatable bonds is 8. The van der Waals surface area contributed by atoms with Gasteiger partial charge in [0.15, 0.2) is 0 Å². The first-order valence-electron chi connectivity index (χ1n) is 5.40. The molecule has 0 bridgehead atoms. The van der Waals surface area contributed by atoms with Gasteiger partial charge in [-0.25, -0.2) is 4.79 Å². The van der Waals surface area contributed by atoms with Crippen molar-refractivity contribution in [2.75, 3.05) is 26.3 Å². The lowest BCUT2D eigenvalue weighted by atomic mass is 10.1. The van der Waals surface area contributed by atoms with Gasteiger partial charge in [-0.15, -0.1) is 0 Å². The van der Waals surface area contributed by atoms with Crippen LogP contribution < -0.4 is 16.4 Å². The number of primary amides is 1. The second-order valence-electron chi connectivity index (χ2n) is 3.88. The fourth-order valence-electron chi connectivity index (χ4n) is 0.949. The summed E-state index contributed by atoms with van der Waals surface area (Å²) in [4.78, 5) is 21.2. The molecule has 4 N–H and O–H groups in total. The molecule has 0 unspecified atom stereocenters. The summed E-state index contributed by atoms with van der Waals surface area (Å²) >= 11 is 0. The summed E-state index contributed by atoms with van der Waals surface area (Å²) in [5.74, 6) is 0.198. The third-order valence-corrected chi connectivity index (χ3v) is 1.81. The molecule has 0 saturated carbocycles. The highest BCUT2D eigenvalue weighted by Crippen LogP contribution is 1.97. The van der Waals surface area contributed by atoms with Crippen LogP contribution in [-0.2, 0) is 9.53 Å². The van der Waals surface area contributed by atoms with E-state index >= 15 is 0 Å². The maximum Gasteiger partial charge on any atom is 0.318 e. The smallest absolute Gasteiger partial charge is 0.318 e. The second-order valence-corrected chi connectivity index (χ2v) is 3.88. The number of nitrogens with two attached hydrogens (primary N) is 1. The van der Waals surface area contributed by atoms with E-state index in [9.17, 15) is 9.59 Å². The number of hydrogen-bond acceptors (Lipinski definition) is 4. The SMILES string of the molecule is CC(C)CCOCCNCC(=O)NC(N)=O. The molecule has 0 fully saturated rings. The highest BCUT2D eigenvalue weighted by Gasteiger charge is 2.02. The molecule has 0 radical (unpaired) electrons. The maximum atomic E-state index is 10.9. The molecule has 0 aromatic carbocycles.